The molecule has 5 nitrogen and oxygen atoms in total. The van der Waals surface area contributed by atoms with Crippen molar-refractivity contribution in [2.45, 2.75) is 49.3 Å². The fraction of sp³-hybridized carbons (Fsp3) is 0.368. The van der Waals surface area contributed by atoms with E-state index in [1.165, 1.54) is 0 Å². The topological polar surface area (TPSA) is 76.4 Å². The first-order chi connectivity index (χ1) is 11.7. The molecule has 3 rings (SSSR count). The highest BCUT2D eigenvalue weighted by Gasteiger charge is 2.31. The second-order valence-corrected chi connectivity index (χ2v) is 9.44. The zero-order valence-electron chi connectivity index (χ0n) is 14.5. The lowest BCUT2D eigenvalue weighted by Gasteiger charge is -2.17. The standard InChI is InChI=1S/C19H21NO4S/c1-19(2,3)25(24)13-6-4-12(5-7-13)17(21)16-9-8-15-14(18(22)23)10-11-20(15)16/h4-9,14H,10-11H2,1-3H3,(H,22,23). The molecule has 2 aromatic rings. The number of rotatable bonds is 4. The van der Waals surface area contributed by atoms with Crippen LogP contribution in [0.1, 0.15) is 54.9 Å². The fourth-order valence-corrected chi connectivity index (χ4v) is 4.21. The van der Waals surface area contributed by atoms with Crippen molar-refractivity contribution in [1.82, 2.24) is 4.57 Å². The van der Waals surface area contributed by atoms with E-state index in [0.29, 0.717) is 34.8 Å². The Labute approximate surface area is 149 Å². The highest BCUT2D eigenvalue weighted by Crippen LogP contribution is 2.31. The van der Waals surface area contributed by atoms with Gasteiger partial charge in [-0.1, -0.05) is 0 Å². The molecule has 0 saturated heterocycles. The molecule has 0 amide bonds. The first kappa shape index (κ1) is 17.6. The lowest BCUT2D eigenvalue weighted by molar-refractivity contribution is -0.138. The van der Waals surface area contributed by atoms with E-state index in [2.05, 4.69) is 0 Å². The Balaban J connectivity index is 1.87. The highest BCUT2D eigenvalue weighted by molar-refractivity contribution is 7.86. The molecule has 1 aliphatic heterocycles. The minimum absolute atomic E-state index is 0.148. The Bertz CT molecular complexity index is 859. The zero-order chi connectivity index (χ0) is 18.4. The Morgan fingerprint density at radius 3 is 2.32 bits per heavy atom. The van der Waals surface area contributed by atoms with E-state index in [4.69, 9.17) is 0 Å². The van der Waals surface area contributed by atoms with Gasteiger partial charge in [-0.3, -0.25) is 13.8 Å². The summed E-state index contributed by atoms with van der Waals surface area (Å²) in [5.74, 6) is -1.55. The first-order valence-electron chi connectivity index (χ1n) is 8.19. The van der Waals surface area contributed by atoms with E-state index in [-0.39, 0.29) is 10.5 Å². The Morgan fingerprint density at radius 2 is 1.76 bits per heavy atom. The molecule has 0 aliphatic carbocycles. The van der Waals surface area contributed by atoms with Crippen LogP contribution in [-0.2, 0) is 22.1 Å². The van der Waals surface area contributed by atoms with Gasteiger partial charge in [-0.25, -0.2) is 0 Å². The second-order valence-electron chi connectivity index (χ2n) is 7.21. The van der Waals surface area contributed by atoms with E-state index in [1.54, 1.807) is 41.0 Å². The van der Waals surface area contributed by atoms with Crippen LogP contribution in [0.15, 0.2) is 41.3 Å². The maximum atomic E-state index is 12.8. The van der Waals surface area contributed by atoms with Crippen LogP contribution < -0.4 is 0 Å². The monoisotopic (exact) mass is 359 g/mol. The van der Waals surface area contributed by atoms with Crippen molar-refractivity contribution in [2.24, 2.45) is 0 Å². The summed E-state index contributed by atoms with van der Waals surface area (Å²) in [4.78, 5) is 24.7. The number of aliphatic carboxylic acids is 1. The molecule has 1 aromatic carbocycles. The van der Waals surface area contributed by atoms with Gasteiger partial charge in [-0.2, -0.15) is 0 Å². The second kappa shape index (κ2) is 6.26. The summed E-state index contributed by atoms with van der Waals surface area (Å²) in [6.07, 6.45) is 0.509. The smallest absolute Gasteiger partial charge is 0.312 e. The molecule has 25 heavy (non-hydrogen) atoms. The zero-order valence-corrected chi connectivity index (χ0v) is 15.3. The molecule has 0 fully saturated rings. The van der Waals surface area contributed by atoms with Gasteiger partial charge in [0.05, 0.1) is 22.4 Å². The number of fused-ring (bicyclic) bond motifs is 1. The number of aromatic nitrogens is 1. The van der Waals surface area contributed by atoms with Crippen molar-refractivity contribution in [3.8, 4) is 0 Å². The summed E-state index contributed by atoms with van der Waals surface area (Å²) in [6, 6.07) is 10.2. The molecule has 1 aliphatic rings. The Morgan fingerprint density at radius 1 is 1.12 bits per heavy atom. The first-order valence-corrected chi connectivity index (χ1v) is 9.34. The molecule has 2 heterocycles. The minimum atomic E-state index is -1.15. The molecule has 2 unspecified atom stereocenters. The number of carboxylic acids is 1. The van der Waals surface area contributed by atoms with E-state index in [0.717, 1.165) is 0 Å². The average molecular weight is 359 g/mol. The van der Waals surface area contributed by atoms with Crippen molar-refractivity contribution in [2.75, 3.05) is 0 Å². The number of carbonyl (C=O) groups excluding carboxylic acids is 1. The average Bonchev–Trinajstić information content (AvgIpc) is 3.14. The van der Waals surface area contributed by atoms with Crippen molar-refractivity contribution in [3.63, 3.8) is 0 Å². The lowest BCUT2D eigenvalue weighted by atomic mass is 10.1. The number of carbonyl (C=O) groups is 2. The fourth-order valence-electron chi connectivity index (χ4n) is 3.12. The summed E-state index contributed by atoms with van der Waals surface area (Å²) < 4.78 is 13.8. The van der Waals surface area contributed by atoms with Gasteiger partial charge in [0.15, 0.2) is 0 Å². The molecular weight excluding hydrogens is 338 g/mol. The summed E-state index contributed by atoms with van der Waals surface area (Å²) in [6.45, 7) is 6.26. The molecule has 2 atom stereocenters. The van der Waals surface area contributed by atoms with Gasteiger partial charge in [0, 0.05) is 27.4 Å². The Hall–Kier alpha value is -2.21. The molecular formula is C19H21NO4S. The van der Waals surface area contributed by atoms with E-state index in [9.17, 15) is 18.9 Å². The molecule has 0 radical (unpaired) electrons. The van der Waals surface area contributed by atoms with Crippen LogP contribution in [0, 0.1) is 0 Å². The van der Waals surface area contributed by atoms with Crippen molar-refractivity contribution in [1.29, 1.82) is 0 Å². The number of carboxylic acid groups (broad SMARTS) is 1. The van der Waals surface area contributed by atoms with Gasteiger partial charge in [0.2, 0.25) is 5.78 Å². The SMILES string of the molecule is CC(C)(C)S(=O)c1ccc(C(=O)c2ccc3n2CCC3C(=O)O)cc1. The molecule has 1 aromatic heterocycles. The third-order valence-corrected chi connectivity index (χ3v) is 6.24. The van der Waals surface area contributed by atoms with Crippen molar-refractivity contribution in [3.05, 3.63) is 53.3 Å². The number of nitrogens with zero attached hydrogens (tertiary/aromatic N) is 1. The quantitative estimate of drug-likeness (QED) is 0.851. The van der Waals surface area contributed by atoms with Crippen LogP contribution in [0.5, 0.6) is 0 Å². The van der Waals surface area contributed by atoms with Gasteiger partial charge >= 0.3 is 5.97 Å². The molecule has 6 heteroatoms. The number of hydrogen-bond acceptors (Lipinski definition) is 3. The van der Waals surface area contributed by atoms with Gasteiger partial charge in [-0.05, 0) is 63.6 Å². The number of hydrogen-bond donors (Lipinski definition) is 1. The van der Waals surface area contributed by atoms with Crippen LogP contribution in [-0.4, -0.2) is 30.4 Å². The summed E-state index contributed by atoms with van der Waals surface area (Å²) in [5.41, 5.74) is 1.69. The maximum absolute atomic E-state index is 12.8. The van der Waals surface area contributed by atoms with E-state index >= 15 is 0 Å². The van der Waals surface area contributed by atoms with E-state index in [1.807, 2.05) is 20.8 Å². The van der Waals surface area contributed by atoms with Crippen LogP contribution >= 0.6 is 0 Å². The molecule has 0 spiro atoms. The van der Waals surface area contributed by atoms with Crippen LogP contribution in [0.4, 0.5) is 0 Å². The summed E-state index contributed by atoms with van der Waals surface area (Å²) in [5, 5.41) is 9.25. The minimum Gasteiger partial charge on any atom is -0.481 e. The normalized spacial score (nSPS) is 18.0. The van der Waals surface area contributed by atoms with Gasteiger partial charge in [0.25, 0.3) is 0 Å². The van der Waals surface area contributed by atoms with Crippen LogP contribution in [0.25, 0.3) is 0 Å². The number of ketones is 1. The van der Waals surface area contributed by atoms with E-state index < -0.39 is 22.7 Å². The summed E-state index contributed by atoms with van der Waals surface area (Å²) >= 11 is 0. The third-order valence-electron chi connectivity index (χ3n) is 4.43. The van der Waals surface area contributed by atoms with Crippen LogP contribution in [0.3, 0.4) is 0 Å². The van der Waals surface area contributed by atoms with Gasteiger partial charge in [0.1, 0.15) is 0 Å². The van der Waals surface area contributed by atoms with Crippen LogP contribution in [0.2, 0.25) is 0 Å². The summed E-state index contributed by atoms with van der Waals surface area (Å²) in [7, 11) is -1.15. The predicted octanol–water partition coefficient (Wildman–Crippen LogP) is 3.20. The molecule has 0 bridgehead atoms. The van der Waals surface area contributed by atoms with Crippen molar-refractivity contribution >= 4 is 22.6 Å². The van der Waals surface area contributed by atoms with Gasteiger partial charge in [-0.15, -0.1) is 0 Å². The van der Waals surface area contributed by atoms with Crippen molar-refractivity contribution < 1.29 is 18.9 Å². The maximum Gasteiger partial charge on any atom is 0.312 e. The molecule has 1 N–H and O–H groups in total. The number of benzene rings is 1. The largest absolute Gasteiger partial charge is 0.481 e. The molecule has 0 saturated carbocycles. The third kappa shape index (κ3) is 3.18. The molecule has 132 valence electrons. The van der Waals surface area contributed by atoms with Gasteiger partial charge < -0.3 is 9.67 Å². The predicted molar refractivity (Wildman–Crippen MR) is 95.5 cm³/mol. The highest BCUT2D eigenvalue weighted by atomic mass is 32.2. The Kier molecular flexibility index (Phi) is 4.41. The lowest BCUT2D eigenvalue weighted by Crippen LogP contribution is -2.21.